The number of rotatable bonds is 9. The van der Waals surface area contributed by atoms with Crippen LogP contribution in [0.5, 0.6) is 0 Å². The molecule has 14 heteroatoms. The van der Waals surface area contributed by atoms with Crippen molar-refractivity contribution in [2.45, 2.75) is 39.9 Å². The van der Waals surface area contributed by atoms with Gasteiger partial charge in [0.05, 0.1) is 24.3 Å². The molecule has 0 amide bonds. The highest BCUT2D eigenvalue weighted by Crippen LogP contribution is 2.64. The Kier molecular flexibility index (Phi) is 9.56. The molecule has 1 unspecified atom stereocenters. The Balaban J connectivity index is 1.90. The molecule has 0 aliphatic rings. The molecular formula is C26H28BrF2N2O8P. The van der Waals surface area contributed by atoms with Gasteiger partial charge in [-0.2, -0.15) is 8.78 Å². The summed E-state index contributed by atoms with van der Waals surface area (Å²) in [5, 5.41) is 0. The zero-order chi connectivity index (χ0) is 29.9. The second-order valence-electron chi connectivity index (χ2n) is 9.62. The van der Waals surface area contributed by atoms with Crippen molar-refractivity contribution < 1.29 is 41.8 Å². The number of hydrogen-bond acceptors (Lipinski definition) is 7. The van der Waals surface area contributed by atoms with Gasteiger partial charge in [-0.3, -0.25) is 18.5 Å². The number of ether oxygens (including phenoxy) is 2. The highest BCUT2D eigenvalue weighted by Gasteiger charge is 2.54. The summed E-state index contributed by atoms with van der Waals surface area (Å²) in [7, 11) is -5.66. The molecule has 0 fully saturated rings. The first-order valence-corrected chi connectivity index (χ1v) is 14.3. The number of carbonyl (C=O) groups excluding carboxylic acids is 2. The van der Waals surface area contributed by atoms with Gasteiger partial charge in [-0.25, -0.2) is 14.2 Å². The fourth-order valence-corrected chi connectivity index (χ4v) is 5.17. The molecule has 0 radical (unpaired) electrons. The fraction of sp³-hybridized carbons (Fsp3) is 0.346. The van der Waals surface area contributed by atoms with Crippen molar-refractivity contribution >= 4 is 35.6 Å². The number of hydrogen-bond donors (Lipinski definition) is 1. The van der Waals surface area contributed by atoms with E-state index in [2.05, 4.69) is 25.2 Å². The van der Waals surface area contributed by atoms with Crippen LogP contribution < -0.4 is 5.69 Å². The summed E-state index contributed by atoms with van der Waals surface area (Å²) in [6, 6.07) is 12.2. The molecular weight excluding hydrogens is 617 g/mol. The number of alkyl halides is 2. The lowest BCUT2D eigenvalue weighted by Crippen LogP contribution is -2.30. The molecule has 2 aromatic carbocycles. The first kappa shape index (κ1) is 31.4. The minimum atomic E-state index is -5.66. The van der Waals surface area contributed by atoms with E-state index < -0.39 is 48.8 Å². The van der Waals surface area contributed by atoms with E-state index in [1.807, 2.05) is 0 Å². The van der Waals surface area contributed by atoms with E-state index in [-0.39, 0.29) is 17.6 Å². The van der Waals surface area contributed by atoms with Crippen LogP contribution in [0.3, 0.4) is 0 Å². The molecule has 0 spiro atoms. The van der Waals surface area contributed by atoms with Gasteiger partial charge in [0.2, 0.25) is 6.79 Å². The van der Waals surface area contributed by atoms with Crippen LogP contribution in [0.2, 0.25) is 0 Å². The highest BCUT2D eigenvalue weighted by atomic mass is 79.9. The Morgan fingerprint density at radius 3 is 2.30 bits per heavy atom. The second kappa shape index (κ2) is 12.2. The van der Waals surface area contributed by atoms with Crippen LogP contribution in [0.25, 0.3) is 11.3 Å². The molecule has 0 aliphatic carbocycles. The maximum absolute atomic E-state index is 15.1. The van der Waals surface area contributed by atoms with E-state index in [9.17, 15) is 23.8 Å². The van der Waals surface area contributed by atoms with E-state index in [0.29, 0.717) is 16.8 Å². The number of imidazole rings is 1. The molecule has 0 aliphatic heterocycles. The van der Waals surface area contributed by atoms with E-state index in [0.717, 1.165) is 10.6 Å². The largest absolute Gasteiger partial charge is 0.449 e. The van der Waals surface area contributed by atoms with Crippen LogP contribution in [0.15, 0.2) is 64.0 Å². The van der Waals surface area contributed by atoms with Crippen LogP contribution in [-0.2, 0) is 35.6 Å². The predicted molar refractivity (Wildman–Crippen MR) is 145 cm³/mol. The molecule has 1 heterocycles. The Labute approximate surface area is 237 Å². The summed E-state index contributed by atoms with van der Waals surface area (Å²) in [4.78, 5) is 47.3. The van der Waals surface area contributed by atoms with E-state index >= 15 is 8.78 Å². The average molecular weight is 645 g/mol. The van der Waals surface area contributed by atoms with Crippen molar-refractivity contribution in [3.63, 3.8) is 0 Å². The van der Waals surface area contributed by atoms with Crippen LogP contribution in [0, 0.1) is 5.41 Å². The quantitative estimate of drug-likeness (QED) is 0.173. The minimum Gasteiger partial charge on any atom is -0.449 e. The molecule has 10 nitrogen and oxygen atoms in total. The zero-order valence-corrected chi connectivity index (χ0v) is 24.6. The summed E-state index contributed by atoms with van der Waals surface area (Å²) in [6.07, 6.45) is 0.463. The Hall–Kier alpha value is -3.12. The van der Waals surface area contributed by atoms with E-state index in [1.165, 1.54) is 43.7 Å². The maximum atomic E-state index is 15.1. The third-order valence-electron chi connectivity index (χ3n) is 5.60. The van der Waals surface area contributed by atoms with Crippen LogP contribution >= 0.6 is 23.5 Å². The lowest BCUT2D eigenvalue weighted by Gasteiger charge is -2.24. The van der Waals surface area contributed by atoms with Gasteiger partial charge in [-0.1, -0.05) is 58.4 Å². The molecule has 1 atom stereocenters. The Bertz CT molecular complexity index is 1500. The van der Waals surface area contributed by atoms with Gasteiger partial charge in [0, 0.05) is 16.2 Å². The smallest absolute Gasteiger partial charge is 0.422 e. The Morgan fingerprint density at radius 1 is 1.07 bits per heavy atom. The topological polar surface area (TPSA) is 126 Å². The molecule has 3 aromatic rings. The van der Waals surface area contributed by atoms with Gasteiger partial charge in [-0.05, 0) is 44.9 Å². The van der Waals surface area contributed by atoms with Crippen molar-refractivity contribution in [3.05, 3.63) is 80.8 Å². The summed E-state index contributed by atoms with van der Waals surface area (Å²) in [5.74, 6) is -0.803. The third kappa shape index (κ3) is 6.77. The van der Waals surface area contributed by atoms with Gasteiger partial charge in [0.15, 0.2) is 0 Å². The molecule has 216 valence electrons. The molecule has 0 saturated carbocycles. The Morgan fingerprint density at radius 2 is 1.73 bits per heavy atom. The van der Waals surface area contributed by atoms with Crippen molar-refractivity contribution in [2.24, 2.45) is 5.41 Å². The lowest BCUT2D eigenvalue weighted by atomic mass is 9.98. The summed E-state index contributed by atoms with van der Waals surface area (Å²) < 4.78 is 58.6. The first-order chi connectivity index (χ1) is 18.6. The molecule has 3 rings (SSSR count). The van der Waals surface area contributed by atoms with Crippen molar-refractivity contribution in [2.75, 3.05) is 13.4 Å². The average Bonchev–Trinajstić information content (AvgIpc) is 3.19. The monoisotopic (exact) mass is 644 g/mol. The number of benzene rings is 2. The summed E-state index contributed by atoms with van der Waals surface area (Å²) in [5.41, 5.74) is -5.55. The van der Waals surface area contributed by atoms with Crippen LogP contribution in [0.1, 0.15) is 38.8 Å². The van der Waals surface area contributed by atoms with Gasteiger partial charge < -0.3 is 14.4 Å². The normalized spacial score (nSPS) is 13.5. The highest BCUT2D eigenvalue weighted by molar-refractivity contribution is 9.10. The van der Waals surface area contributed by atoms with Crippen LogP contribution in [-0.4, -0.2) is 39.5 Å². The third-order valence-corrected chi connectivity index (χ3v) is 7.66. The van der Waals surface area contributed by atoms with Crippen molar-refractivity contribution in [1.29, 1.82) is 0 Å². The standard InChI is InChI=1S/C26H28BrF2N2O8P/c1-5-37-24(34)31-15-21(18-9-7-6-8-10-18)30(23(31)33)14-17-11-12-19(20(27)13-17)26(28,29)40(35,36)39-16-38-22(32)25(2,3)4/h6-13,15H,5,14,16H2,1-4H3,(H,35,36). The van der Waals surface area contributed by atoms with Crippen molar-refractivity contribution in [3.8, 4) is 11.3 Å². The molecule has 1 N–H and O–H groups in total. The van der Waals surface area contributed by atoms with Gasteiger partial charge in [-0.15, -0.1) is 0 Å². The van der Waals surface area contributed by atoms with Gasteiger partial charge in [0.1, 0.15) is 0 Å². The minimum absolute atomic E-state index is 0.0528. The predicted octanol–water partition coefficient (Wildman–Crippen LogP) is 5.93. The number of aromatic nitrogens is 2. The van der Waals surface area contributed by atoms with E-state index in [4.69, 9.17) is 4.74 Å². The van der Waals surface area contributed by atoms with Gasteiger partial charge >= 0.3 is 31.0 Å². The SMILES string of the molecule is CCOC(=O)n1cc(-c2ccccc2)n(Cc2ccc(C(F)(F)P(=O)(O)OCOC(=O)C(C)(C)C)c(Br)c2)c1=O. The number of carbonyl (C=O) groups is 2. The van der Waals surface area contributed by atoms with Crippen LogP contribution in [0.4, 0.5) is 13.6 Å². The molecule has 40 heavy (non-hydrogen) atoms. The summed E-state index contributed by atoms with van der Waals surface area (Å²) in [6.45, 7) is 4.93. The lowest BCUT2D eigenvalue weighted by molar-refractivity contribution is -0.160. The van der Waals surface area contributed by atoms with Gasteiger partial charge in [0.25, 0.3) is 0 Å². The maximum Gasteiger partial charge on any atom is 0.422 e. The van der Waals surface area contributed by atoms with Crippen molar-refractivity contribution in [1.82, 2.24) is 9.13 Å². The number of esters is 1. The summed E-state index contributed by atoms with van der Waals surface area (Å²) >= 11 is 3.02. The molecule has 0 bridgehead atoms. The molecule has 0 saturated heterocycles. The first-order valence-electron chi connectivity index (χ1n) is 12.0. The molecule has 1 aromatic heterocycles. The fourth-order valence-electron chi connectivity index (χ4n) is 3.48. The second-order valence-corrected chi connectivity index (χ2v) is 12.3. The number of halogens is 3. The zero-order valence-electron chi connectivity index (χ0n) is 22.1. The number of nitrogens with zero attached hydrogens (tertiary/aromatic N) is 2. The van der Waals surface area contributed by atoms with E-state index in [1.54, 1.807) is 37.3 Å².